The number of rotatable bonds is 5. The van der Waals surface area contributed by atoms with Gasteiger partial charge in [-0.2, -0.15) is 0 Å². The van der Waals surface area contributed by atoms with Gasteiger partial charge in [0.25, 0.3) is 5.56 Å². The van der Waals surface area contributed by atoms with Crippen LogP contribution in [-0.2, 0) is 4.79 Å². The molecule has 128 valence electrons. The molecular weight excluding hydrogens is 340 g/mol. The van der Waals surface area contributed by atoms with Crippen molar-refractivity contribution in [2.24, 2.45) is 0 Å². The number of carboxylic acid groups (broad SMARTS) is 1. The Morgan fingerprint density at radius 1 is 1.24 bits per heavy atom. The predicted molar refractivity (Wildman–Crippen MR) is 96.8 cm³/mol. The van der Waals surface area contributed by atoms with Crippen molar-refractivity contribution in [3.63, 3.8) is 0 Å². The molecule has 1 atom stereocenters. The maximum atomic E-state index is 12.9. The lowest BCUT2D eigenvalue weighted by molar-refractivity contribution is -0.137. The minimum absolute atomic E-state index is 0.186. The van der Waals surface area contributed by atoms with Gasteiger partial charge in [0.05, 0.1) is 30.5 Å². The second-order valence-corrected chi connectivity index (χ2v) is 5.92. The van der Waals surface area contributed by atoms with E-state index in [0.717, 1.165) is 0 Å². The van der Waals surface area contributed by atoms with E-state index in [0.29, 0.717) is 22.2 Å². The summed E-state index contributed by atoms with van der Waals surface area (Å²) in [6.07, 6.45) is -0.262. The van der Waals surface area contributed by atoms with Gasteiger partial charge in [0.2, 0.25) is 0 Å². The Bertz CT molecular complexity index is 1040. The average Bonchev–Trinajstić information content (AvgIpc) is 2.60. The molecule has 0 saturated heterocycles. The maximum Gasteiger partial charge on any atom is 0.305 e. The zero-order valence-corrected chi connectivity index (χ0v) is 14.2. The van der Waals surface area contributed by atoms with E-state index in [4.69, 9.17) is 17.0 Å². The highest BCUT2D eigenvalue weighted by molar-refractivity contribution is 7.71. The van der Waals surface area contributed by atoms with Gasteiger partial charge in [0.1, 0.15) is 5.75 Å². The molecule has 2 N–H and O–H groups in total. The van der Waals surface area contributed by atoms with Gasteiger partial charge in [0.15, 0.2) is 4.77 Å². The summed E-state index contributed by atoms with van der Waals surface area (Å²) in [6.45, 7) is 0. The van der Waals surface area contributed by atoms with E-state index in [1.54, 1.807) is 55.6 Å². The van der Waals surface area contributed by atoms with Crippen LogP contribution in [0.2, 0.25) is 0 Å². The molecule has 0 saturated carbocycles. The molecule has 6 nitrogen and oxygen atoms in total. The summed E-state index contributed by atoms with van der Waals surface area (Å²) in [5.41, 5.74) is 0.971. The Labute approximate surface area is 148 Å². The molecule has 0 radical (unpaired) electrons. The van der Waals surface area contributed by atoms with Gasteiger partial charge in [0, 0.05) is 0 Å². The van der Waals surface area contributed by atoms with Gasteiger partial charge in [-0.3, -0.25) is 14.2 Å². The van der Waals surface area contributed by atoms with E-state index < -0.39 is 12.0 Å². The molecular formula is C18H16N2O4S. The van der Waals surface area contributed by atoms with Gasteiger partial charge in [-0.15, -0.1) is 0 Å². The minimum atomic E-state index is -1.02. The molecule has 0 spiro atoms. The monoisotopic (exact) mass is 356 g/mol. The summed E-state index contributed by atoms with van der Waals surface area (Å²) in [7, 11) is 1.55. The highest BCUT2D eigenvalue weighted by Crippen LogP contribution is 2.24. The topological polar surface area (TPSA) is 84.3 Å². The van der Waals surface area contributed by atoms with Crippen LogP contribution in [0.1, 0.15) is 18.0 Å². The molecule has 0 bridgehead atoms. The highest BCUT2D eigenvalue weighted by atomic mass is 32.1. The number of ether oxygens (including phenoxy) is 1. The first-order valence-corrected chi connectivity index (χ1v) is 8.01. The van der Waals surface area contributed by atoms with Gasteiger partial charge < -0.3 is 14.8 Å². The quantitative estimate of drug-likeness (QED) is 0.686. The van der Waals surface area contributed by atoms with E-state index in [9.17, 15) is 14.7 Å². The minimum Gasteiger partial charge on any atom is -0.497 e. The summed E-state index contributed by atoms with van der Waals surface area (Å²) in [4.78, 5) is 27.3. The highest BCUT2D eigenvalue weighted by Gasteiger charge is 2.21. The van der Waals surface area contributed by atoms with Crippen LogP contribution in [0.5, 0.6) is 5.75 Å². The van der Waals surface area contributed by atoms with E-state index in [1.807, 2.05) is 0 Å². The number of aromatic nitrogens is 2. The number of H-pyrrole nitrogens is 1. The fourth-order valence-corrected chi connectivity index (χ4v) is 3.13. The number of carbonyl (C=O) groups is 1. The first-order chi connectivity index (χ1) is 12.0. The zero-order valence-electron chi connectivity index (χ0n) is 13.4. The number of benzene rings is 2. The lowest BCUT2D eigenvalue weighted by Crippen LogP contribution is -2.29. The van der Waals surface area contributed by atoms with Crippen LogP contribution in [0.15, 0.2) is 53.3 Å². The van der Waals surface area contributed by atoms with Gasteiger partial charge in [-0.05, 0) is 42.0 Å². The summed E-state index contributed by atoms with van der Waals surface area (Å²) < 4.78 is 6.64. The lowest BCUT2D eigenvalue weighted by atomic mass is 10.0. The lowest BCUT2D eigenvalue weighted by Gasteiger charge is -2.19. The van der Waals surface area contributed by atoms with E-state index in [-0.39, 0.29) is 16.8 Å². The van der Waals surface area contributed by atoms with Crippen LogP contribution >= 0.6 is 12.2 Å². The summed E-state index contributed by atoms with van der Waals surface area (Å²) in [5.74, 6) is -0.371. The molecule has 7 heteroatoms. The van der Waals surface area contributed by atoms with Crippen molar-refractivity contribution in [1.29, 1.82) is 0 Å². The largest absolute Gasteiger partial charge is 0.497 e. The normalized spacial score (nSPS) is 12.0. The summed E-state index contributed by atoms with van der Waals surface area (Å²) >= 11 is 5.33. The molecule has 1 heterocycles. The molecule has 0 aliphatic carbocycles. The second-order valence-electron chi connectivity index (χ2n) is 5.54. The van der Waals surface area contributed by atoms with Crippen LogP contribution in [0.3, 0.4) is 0 Å². The molecule has 3 aromatic rings. The zero-order chi connectivity index (χ0) is 18.0. The summed E-state index contributed by atoms with van der Waals surface area (Å²) in [5, 5.41) is 9.78. The Hall–Kier alpha value is -2.93. The number of aromatic amines is 1. The van der Waals surface area contributed by atoms with E-state index in [1.165, 1.54) is 4.57 Å². The maximum absolute atomic E-state index is 12.9. The third-order valence-electron chi connectivity index (χ3n) is 4.02. The SMILES string of the molecule is COc1ccc(C(CC(=O)O)n2c(=S)[nH]c3ccccc3c2=O)cc1. The predicted octanol–water partition coefficient (Wildman–Crippen LogP) is 3.13. The third-order valence-corrected chi connectivity index (χ3v) is 4.32. The molecule has 0 amide bonds. The molecule has 0 fully saturated rings. The van der Waals surface area contributed by atoms with Crippen molar-refractivity contribution in [2.45, 2.75) is 12.5 Å². The van der Waals surface area contributed by atoms with Gasteiger partial charge >= 0.3 is 5.97 Å². The number of nitrogens with one attached hydrogen (secondary N) is 1. The Kier molecular flexibility index (Phi) is 4.67. The number of carboxylic acids is 1. The second kappa shape index (κ2) is 6.90. The number of para-hydroxylation sites is 1. The Morgan fingerprint density at radius 2 is 1.92 bits per heavy atom. The molecule has 0 aliphatic heterocycles. The fourth-order valence-electron chi connectivity index (χ4n) is 2.81. The van der Waals surface area contributed by atoms with Crippen molar-refractivity contribution in [2.75, 3.05) is 7.11 Å². The van der Waals surface area contributed by atoms with Gasteiger partial charge in [-0.25, -0.2) is 0 Å². The third kappa shape index (κ3) is 3.32. The van der Waals surface area contributed by atoms with Crippen LogP contribution in [0.25, 0.3) is 10.9 Å². The number of hydrogen-bond acceptors (Lipinski definition) is 4. The molecule has 25 heavy (non-hydrogen) atoms. The van der Waals surface area contributed by atoms with Crippen molar-refractivity contribution in [1.82, 2.24) is 9.55 Å². The average molecular weight is 356 g/mol. The number of aliphatic carboxylic acids is 1. The number of fused-ring (bicyclic) bond motifs is 1. The number of methoxy groups -OCH3 is 1. The van der Waals surface area contributed by atoms with Crippen LogP contribution in [0.4, 0.5) is 0 Å². The molecule has 3 rings (SSSR count). The first kappa shape index (κ1) is 16.9. The van der Waals surface area contributed by atoms with Crippen molar-refractivity contribution in [3.05, 3.63) is 69.2 Å². The van der Waals surface area contributed by atoms with Crippen LogP contribution in [-0.4, -0.2) is 27.7 Å². The van der Waals surface area contributed by atoms with E-state index in [2.05, 4.69) is 4.98 Å². The van der Waals surface area contributed by atoms with Crippen molar-refractivity contribution >= 4 is 29.1 Å². The standard InChI is InChI=1S/C18H16N2O4S/c1-24-12-8-6-11(7-9-12)15(10-16(21)22)20-17(23)13-4-2-3-5-14(13)19-18(20)25/h2-9,15H,10H2,1H3,(H,19,25)(H,21,22). The van der Waals surface area contributed by atoms with Crippen molar-refractivity contribution < 1.29 is 14.6 Å². The molecule has 2 aromatic carbocycles. The molecule has 0 aliphatic rings. The molecule has 1 unspecified atom stereocenters. The Morgan fingerprint density at radius 3 is 2.56 bits per heavy atom. The number of nitrogens with zero attached hydrogens (tertiary/aromatic N) is 1. The molecule has 1 aromatic heterocycles. The Balaban J connectivity index is 2.22. The fraction of sp³-hybridized carbons (Fsp3) is 0.167. The smallest absolute Gasteiger partial charge is 0.305 e. The van der Waals surface area contributed by atoms with Crippen LogP contribution < -0.4 is 10.3 Å². The van der Waals surface area contributed by atoms with E-state index >= 15 is 0 Å². The van der Waals surface area contributed by atoms with Crippen molar-refractivity contribution in [3.8, 4) is 5.75 Å². The van der Waals surface area contributed by atoms with Gasteiger partial charge in [-0.1, -0.05) is 24.3 Å². The van der Waals surface area contributed by atoms with Crippen LogP contribution in [0, 0.1) is 4.77 Å². The summed E-state index contributed by atoms with van der Waals surface area (Å²) in [6, 6.07) is 13.2. The first-order valence-electron chi connectivity index (χ1n) is 7.60. The number of hydrogen-bond donors (Lipinski definition) is 2.